The molecule has 0 aliphatic carbocycles. The smallest absolute Gasteiger partial charge is 0.271 e. The van der Waals surface area contributed by atoms with Gasteiger partial charge < -0.3 is 0 Å². The average molecular weight is 278 g/mol. The van der Waals surface area contributed by atoms with Crippen molar-refractivity contribution in [3.63, 3.8) is 0 Å². The van der Waals surface area contributed by atoms with Crippen molar-refractivity contribution in [2.45, 2.75) is 38.9 Å². The number of nitrogens with one attached hydrogen (secondary N) is 1. The van der Waals surface area contributed by atoms with E-state index < -0.39 is 23.6 Å². The van der Waals surface area contributed by atoms with Crippen molar-refractivity contribution in [1.29, 1.82) is 0 Å². The van der Waals surface area contributed by atoms with Crippen LogP contribution in [0, 0.1) is 11.7 Å². The minimum Gasteiger partial charge on any atom is -0.271 e. The minimum atomic E-state index is -4.70. The largest absolute Gasteiger partial charge is 0.419 e. The summed E-state index contributed by atoms with van der Waals surface area (Å²) in [6.07, 6.45) is -3.29. The summed E-state index contributed by atoms with van der Waals surface area (Å²) in [5, 5.41) is 0. The van der Waals surface area contributed by atoms with Gasteiger partial charge in [0.25, 0.3) is 0 Å². The zero-order valence-electron chi connectivity index (χ0n) is 10.9. The number of rotatable bonds is 5. The SMILES string of the molecule is CC(C)CCC(NN)c1ccc(F)c(C(F)(F)F)c1. The van der Waals surface area contributed by atoms with Gasteiger partial charge in [-0.15, -0.1) is 0 Å². The zero-order chi connectivity index (χ0) is 14.6. The molecule has 1 aromatic rings. The number of alkyl halides is 3. The first kappa shape index (κ1) is 15.9. The van der Waals surface area contributed by atoms with Crippen LogP contribution in [0.3, 0.4) is 0 Å². The molecule has 3 N–H and O–H groups in total. The van der Waals surface area contributed by atoms with Crippen LogP contribution in [0.15, 0.2) is 18.2 Å². The molecule has 1 aromatic carbocycles. The molecule has 2 nitrogen and oxygen atoms in total. The topological polar surface area (TPSA) is 38.0 Å². The first-order chi connectivity index (χ1) is 8.75. The molecule has 1 atom stereocenters. The van der Waals surface area contributed by atoms with Gasteiger partial charge in [-0.1, -0.05) is 19.9 Å². The summed E-state index contributed by atoms with van der Waals surface area (Å²) < 4.78 is 51.0. The number of benzene rings is 1. The highest BCUT2D eigenvalue weighted by atomic mass is 19.4. The van der Waals surface area contributed by atoms with Crippen LogP contribution < -0.4 is 11.3 Å². The maximum absolute atomic E-state index is 13.2. The molecule has 0 amide bonds. The van der Waals surface area contributed by atoms with Crippen LogP contribution in [0.2, 0.25) is 0 Å². The van der Waals surface area contributed by atoms with Crippen LogP contribution in [0.4, 0.5) is 17.6 Å². The lowest BCUT2D eigenvalue weighted by Crippen LogP contribution is -2.28. The van der Waals surface area contributed by atoms with Crippen molar-refractivity contribution in [2.24, 2.45) is 11.8 Å². The highest BCUT2D eigenvalue weighted by molar-refractivity contribution is 5.29. The van der Waals surface area contributed by atoms with E-state index in [-0.39, 0.29) is 0 Å². The molecule has 108 valence electrons. The fourth-order valence-electron chi connectivity index (χ4n) is 1.82. The third-order valence-corrected chi connectivity index (χ3v) is 2.93. The van der Waals surface area contributed by atoms with E-state index in [2.05, 4.69) is 5.43 Å². The Labute approximate surface area is 110 Å². The summed E-state index contributed by atoms with van der Waals surface area (Å²) in [7, 11) is 0. The lowest BCUT2D eigenvalue weighted by Gasteiger charge is -2.19. The van der Waals surface area contributed by atoms with E-state index in [0.29, 0.717) is 17.9 Å². The van der Waals surface area contributed by atoms with Gasteiger partial charge in [0.15, 0.2) is 0 Å². The second-order valence-corrected chi connectivity index (χ2v) is 4.93. The fraction of sp³-hybridized carbons (Fsp3) is 0.538. The highest BCUT2D eigenvalue weighted by Gasteiger charge is 2.34. The van der Waals surface area contributed by atoms with Crippen LogP contribution >= 0.6 is 0 Å². The molecule has 0 radical (unpaired) electrons. The van der Waals surface area contributed by atoms with Crippen molar-refractivity contribution < 1.29 is 17.6 Å². The molecule has 6 heteroatoms. The average Bonchev–Trinajstić information content (AvgIpc) is 2.29. The van der Waals surface area contributed by atoms with Gasteiger partial charge in [0, 0.05) is 6.04 Å². The van der Waals surface area contributed by atoms with E-state index in [1.807, 2.05) is 13.8 Å². The van der Waals surface area contributed by atoms with Gasteiger partial charge in [0.1, 0.15) is 5.82 Å². The summed E-state index contributed by atoms with van der Waals surface area (Å²) in [6, 6.07) is 2.57. The Kier molecular flexibility index (Phi) is 5.31. The molecule has 0 bridgehead atoms. The third kappa shape index (κ3) is 4.47. The molecular weight excluding hydrogens is 260 g/mol. The molecular formula is C13H18F4N2. The van der Waals surface area contributed by atoms with E-state index in [4.69, 9.17) is 5.84 Å². The lowest BCUT2D eigenvalue weighted by atomic mass is 9.96. The monoisotopic (exact) mass is 278 g/mol. The Morgan fingerprint density at radius 3 is 2.32 bits per heavy atom. The van der Waals surface area contributed by atoms with E-state index in [1.165, 1.54) is 6.07 Å². The van der Waals surface area contributed by atoms with Crippen LogP contribution in [0.5, 0.6) is 0 Å². The normalized spacial score (nSPS) is 13.9. The Morgan fingerprint density at radius 1 is 1.21 bits per heavy atom. The molecule has 0 spiro atoms. The Balaban J connectivity index is 2.99. The number of nitrogens with two attached hydrogens (primary N) is 1. The van der Waals surface area contributed by atoms with Crippen molar-refractivity contribution in [3.05, 3.63) is 35.1 Å². The van der Waals surface area contributed by atoms with E-state index in [1.54, 1.807) is 0 Å². The van der Waals surface area contributed by atoms with Crippen LogP contribution in [0.25, 0.3) is 0 Å². The molecule has 0 aliphatic heterocycles. The van der Waals surface area contributed by atoms with Crippen LogP contribution in [0.1, 0.15) is 43.9 Å². The van der Waals surface area contributed by atoms with E-state index >= 15 is 0 Å². The van der Waals surface area contributed by atoms with Gasteiger partial charge in [0.05, 0.1) is 5.56 Å². The van der Waals surface area contributed by atoms with Gasteiger partial charge in [-0.25, -0.2) is 4.39 Å². The van der Waals surface area contributed by atoms with Gasteiger partial charge in [0.2, 0.25) is 0 Å². The van der Waals surface area contributed by atoms with Crippen LogP contribution in [-0.4, -0.2) is 0 Å². The first-order valence-corrected chi connectivity index (χ1v) is 6.08. The van der Waals surface area contributed by atoms with Crippen molar-refractivity contribution in [3.8, 4) is 0 Å². The number of hydrazine groups is 1. The van der Waals surface area contributed by atoms with Gasteiger partial charge in [-0.05, 0) is 36.5 Å². The summed E-state index contributed by atoms with van der Waals surface area (Å²) in [4.78, 5) is 0. The Bertz CT molecular complexity index is 416. The molecule has 0 aromatic heterocycles. The second kappa shape index (κ2) is 6.34. The lowest BCUT2D eigenvalue weighted by molar-refractivity contribution is -0.140. The first-order valence-electron chi connectivity index (χ1n) is 6.08. The molecule has 0 heterocycles. The fourth-order valence-corrected chi connectivity index (χ4v) is 1.82. The maximum Gasteiger partial charge on any atom is 0.419 e. The van der Waals surface area contributed by atoms with Crippen molar-refractivity contribution in [1.82, 2.24) is 5.43 Å². The molecule has 0 aliphatic rings. The summed E-state index contributed by atoms with van der Waals surface area (Å²) in [5.74, 6) is 4.51. The van der Waals surface area contributed by atoms with Gasteiger partial charge in [-0.3, -0.25) is 11.3 Å². The molecule has 0 saturated heterocycles. The van der Waals surface area contributed by atoms with Gasteiger partial charge >= 0.3 is 6.18 Å². The predicted molar refractivity (Wildman–Crippen MR) is 65.5 cm³/mol. The standard InChI is InChI=1S/C13H18F4N2/c1-8(2)3-6-12(19-18)9-4-5-11(14)10(7-9)13(15,16)17/h4-5,7-8,12,19H,3,6,18H2,1-2H3. The maximum atomic E-state index is 13.2. The van der Waals surface area contributed by atoms with Crippen molar-refractivity contribution in [2.75, 3.05) is 0 Å². The summed E-state index contributed by atoms with van der Waals surface area (Å²) in [6.45, 7) is 4.03. The highest BCUT2D eigenvalue weighted by Crippen LogP contribution is 2.33. The molecule has 19 heavy (non-hydrogen) atoms. The Morgan fingerprint density at radius 2 is 1.84 bits per heavy atom. The number of halogens is 4. The van der Waals surface area contributed by atoms with Gasteiger partial charge in [-0.2, -0.15) is 13.2 Å². The van der Waals surface area contributed by atoms with Crippen molar-refractivity contribution >= 4 is 0 Å². The van der Waals surface area contributed by atoms with Crippen LogP contribution in [-0.2, 0) is 6.18 Å². The summed E-state index contributed by atoms with van der Waals surface area (Å²) >= 11 is 0. The Hall–Kier alpha value is -1.14. The third-order valence-electron chi connectivity index (χ3n) is 2.93. The predicted octanol–water partition coefficient (Wildman–Crippen LogP) is 3.79. The number of hydrogen-bond acceptors (Lipinski definition) is 2. The molecule has 0 fully saturated rings. The minimum absolute atomic E-state index is 0.344. The second-order valence-electron chi connectivity index (χ2n) is 4.93. The van der Waals surface area contributed by atoms with E-state index in [0.717, 1.165) is 18.6 Å². The molecule has 1 unspecified atom stereocenters. The number of hydrogen-bond donors (Lipinski definition) is 2. The molecule has 0 saturated carbocycles. The quantitative estimate of drug-likeness (QED) is 0.488. The zero-order valence-corrected chi connectivity index (χ0v) is 10.9. The molecule has 1 rings (SSSR count). The van der Waals surface area contributed by atoms with E-state index in [9.17, 15) is 17.6 Å². The summed E-state index contributed by atoms with van der Waals surface area (Å²) in [5.41, 5.74) is 1.57.